The van der Waals surface area contributed by atoms with E-state index in [4.69, 9.17) is 10.5 Å². The molecule has 1 amide bonds. The lowest BCUT2D eigenvalue weighted by molar-refractivity contribution is 0.00763. The predicted octanol–water partition coefficient (Wildman–Crippen LogP) is 2.13. The fourth-order valence-electron chi connectivity index (χ4n) is 3.41. The number of aromatic carboxylic acids is 1. The van der Waals surface area contributed by atoms with Crippen LogP contribution < -0.4 is 5.73 Å². The van der Waals surface area contributed by atoms with Gasteiger partial charge < -0.3 is 20.5 Å². The predicted molar refractivity (Wildman–Crippen MR) is 89.2 cm³/mol. The second-order valence-corrected chi connectivity index (χ2v) is 7.16. The number of carboxylic acid groups (broad SMARTS) is 1. The zero-order chi connectivity index (χ0) is 16.8. The molecule has 0 fully saturated rings. The second kappa shape index (κ2) is 5.61. The van der Waals surface area contributed by atoms with Crippen molar-refractivity contribution in [3.63, 3.8) is 0 Å². The van der Waals surface area contributed by atoms with Gasteiger partial charge in [0.25, 0.3) is 5.91 Å². The van der Waals surface area contributed by atoms with E-state index in [1.165, 1.54) is 11.3 Å². The molecule has 4 rings (SSSR count). The maximum atomic E-state index is 12.5. The molecule has 1 unspecified atom stereocenters. The molecule has 7 heteroatoms. The number of benzene rings is 1. The van der Waals surface area contributed by atoms with Gasteiger partial charge in [-0.05, 0) is 17.2 Å². The summed E-state index contributed by atoms with van der Waals surface area (Å²) in [6.07, 6.45) is 0.244. The maximum absolute atomic E-state index is 12.5. The molecule has 3 heterocycles. The minimum atomic E-state index is -1.00. The molecule has 2 aliphatic heterocycles. The summed E-state index contributed by atoms with van der Waals surface area (Å²) in [5.41, 5.74) is 8.53. The van der Waals surface area contributed by atoms with E-state index in [9.17, 15) is 14.7 Å². The van der Waals surface area contributed by atoms with E-state index in [0.717, 1.165) is 21.6 Å². The van der Waals surface area contributed by atoms with Gasteiger partial charge in [-0.3, -0.25) is 4.79 Å². The highest BCUT2D eigenvalue weighted by Crippen LogP contribution is 2.36. The van der Waals surface area contributed by atoms with Crippen LogP contribution in [0.3, 0.4) is 0 Å². The summed E-state index contributed by atoms with van der Waals surface area (Å²) < 4.78 is 5.83. The summed E-state index contributed by atoms with van der Waals surface area (Å²) in [5, 5.41) is 9.68. The number of hydrogen-bond donors (Lipinski definition) is 2. The number of hydrogen-bond acceptors (Lipinski definition) is 5. The van der Waals surface area contributed by atoms with E-state index in [0.29, 0.717) is 31.1 Å². The first-order chi connectivity index (χ1) is 11.5. The van der Waals surface area contributed by atoms with Crippen molar-refractivity contribution in [1.82, 2.24) is 4.90 Å². The molecule has 2 aliphatic rings. The van der Waals surface area contributed by atoms with Gasteiger partial charge in [0.05, 0.1) is 18.3 Å². The number of anilines is 1. The van der Waals surface area contributed by atoms with Crippen molar-refractivity contribution in [2.75, 3.05) is 12.3 Å². The molecular weight excluding hydrogens is 328 g/mol. The monoisotopic (exact) mass is 344 g/mol. The Bertz CT molecular complexity index is 845. The third-order valence-corrected chi connectivity index (χ3v) is 5.57. The Kier molecular flexibility index (Phi) is 3.54. The van der Waals surface area contributed by atoms with E-state index < -0.39 is 5.97 Å². The third kappa shape index (κ3) is 2.37. The number of fused-ring (bicyclic) bond motifs is 2. The Morgan fingerprint density at radius 3 is 2.96 bits per heavy atom. The molecule has 0 radical (unpaired) electrons. The quantitative estimate of drug-likeness (QED) is 0.890. The van der Waals surface area contributed by atoms with Gasteiger partial charge in [0.15, 0.2) is 0 Å². The van der Waals surface area contributed by atoms with Crippen molar-refractivity contribution in [1.29, 1.82) is 0 Å². The standard InChI is InChI=1S/C17H16N2O4S/c18-15-14(17(21)22)12-5-10(23-8-13(12)24-15)7-19-6-9-3-1-2-4-11(9)16(19)20/h1-4,10H,5-8,18H2,(H,21,22). The van der Waals surface area contributed by atoms with Crippen molar-refractivity contribution in [2.45, 2.75) is 25.7 Å². The SMILES string of the molecule is Nc1sc2c(c1C(=O)O)CC(CN1Cc3ccccc3C1=O)OC2. The number of amides is 1. The molecule has 0 bridgehead atoms. The van der Waals surface area contributed by atoms with E-state index in [-0.39, 0.29) is 17.6 Å². The summed E-state index contributed by atoms with van der Waals surface area (Å²) in [5.74, 6) is -1.00. The molecule has 6 nitrogen and oxygen atoms in total. The van der Waals surface area contributed by atoms with E-state index in [1.54, 1.807) is 4.90 Å². The number of thiophene rings is 1. The largest absolute Gasteiger partial charge is 0.478 e. The van der Waals surface area contributed by atoms with Crippen LogP contribution in [0.2, 0.25) is 0 Å². The molecule has 0 saturated carbocycles. The highest BCUT2D eigenvalue weighted by molar-refractivity contribution is 7.16. The van der Waals surface area contributed by atoms with Crippen LogP contribution in [0.5, 0.6) is 0 Å². The smallest absolute Gasteiger partial charge is 0.338 e. The van der Waals surface area contributed by atoms with Gasteiger partial charge in [-0.15, -0.1) is 11.3 Å². The lowest BCUT2D eigenvalue weighted by Gasteiger charge is -2.27. The molecule has 0 saturated heterocycles. The normalized spacial score (nSPS) is 19.2. The molecule has 1 atom stereocenters. The minimum absolute atomic E-state index is 0.00304. The number of nitrogen functional groups attached to an aromatic ring is 1. The van der Waals surface area contributed by atoms with Crippen LogP contribution in [0.25, 0.3) is 0 Å². The van der Waals surface area contributed by atoms with Gasteiger partial charge in [0.1, 0.15) is 5.00 Å². The Morgan fingerprint density at radius 1 is 1.42 bits per heavy atom. The van der Waals surface area contributed by atoms with Gasteiger partial charge in [-0.2, -0.15) is 0 Å². The fraction of sp³-hybridized carbons (Fsp3) is 0.294. The lowest BCUT2D eigenvalue weighted by Crippen LogP contribution is -2.37. The van der Waals surface area contributed by atoms with Crippen molar-refractivity contribution in [3.8, 4) is 0 Å². The van der Waals surface area contributed by atoms with Crippen molar-refractivity contribution >= 4 is 28.2 Å². The van der Waals surface area contributed by atoms with Crippen molar-refractivity contribution < 1.29 is 19.4 Å². The van der Waals surface area contributed by atoms with Crippen LogP contribution in [-0.2, 0) is 24.3 Å². The summed E-state index contributed by atoms with van der Waals surface area (Å²) in [6.45, 7) is 1.36. The first kappa shape index (κ1) is 15.2. The van der Waals surface area contributed by atoms with E-state index in [1.807, 2.05) is 24.3 Å². The molecule has 0 spiro atoms. The summed E-state index contributed by atoms with van der Waals surface area (Å²) >= 11 is 1.27. The molecule has 24 heavy (non-hydrogen) atoms. The molecule has 1 aromatic heterocycles. The minimum Gasteiger partial charge on any atom is -0.478 e. The summed E-state index contributed by atoms with van der Waals surface area (Å²) in [7, 11) is 0. The molecule has 3 N–H and O–H groups in total. The number of ether oxygens (including phenoxy) is 1. The van der Waals surface area contributed by atoms with Crippen molar-refractivity contribution in [3.05, 3.63) is 51.4 Å². The molecule has 2 aromatic rings. The number of nitrogens with two attached hydrogens (primary N) is 1. The van der Waals surface area contributed by atoms with Crippen LogP contribution in [0.4, 0.5) is 5.00 Å². The number of carbonyl (C=O) groups excluding carboxylic acids is 1. The zero-order valence-electron chi connectivity index (χ0n) is 12.8. The topological polar surface area (TPSA) is 92.9 Å². The molecule has 0 aliphatic carbocycles. The molecule has 1 aromatic carbocycles. The highest BCUT2D eigenvalue weighted by Gasteiger charge is 2.33. The van der Waals surface area contributed by atoms with Gasteiger partial charge in [-0.1, -0.05) is 18.2 Å². The number of rotatable bonds is 3. The average Bonchev–Trinajstić information content (AvgIpc) is 3.04. The molecular formula is C17H16N2O4S. The maximum Gasteiger partial charge on any atom is 0.338 e. The van der Waals surface area contributed by atoms with Gasteiger partial charge in [-0.25, -0.2) is 4.79 Å². The average molecular weight is 344 g/mol. The van der Waals surface area contributed by atoms with Crippen LogP contribution in [0, 0.1) is 0 Å². The second-order valence-electron chi connectivity index (χ2n) is 6.03. The van der Waals surface area contributed by atoms with Gasteiger partial charge in [0.2, 0.25) is 0 Å². The first-order valence-corrected chi connectivity index (χ1v) is 8.48. The van der Waals surface area contributed by atoms with Gasteiger partial charge >= 0.3 is 5.97 Å². The number of nitrogens with zero attached hydrogens (tertiary/aromatic N) is 1. The first-order valence-electron chi connectivity index (χ1n) is 7.66. The number of carboxylic acids is 1. The Morgan fingerprint density at radius 2 is 2.21 bits per heavy atom. The Hall–Kier alpha value is -2.38. The van der Waals surface area contributed by atoms with Crippen molar-refractivity contribution in [2.24, 2.45) is 0 Å². The third-order valence-electron chi connectivity index (χ3n) is 4.53. The van der Waals surface area contributed by atoms with Crippen LogP contribution in [0.15, 0.2) is 24.3 Å². The lowest BCUT2D eigenvalue weighted by atomic mass is 10.0. The Labute approximate surface area is 142 Å². The van der Waals surface area contributed by atoms with Crippen LogP contribution >= 0.6 is 11.3 Å². The van der Waals surface area contributed by atoms with E-state index >= 15 is 0 Å². The van der Waals surface area contributed by atoms with Gasteiger partial charge in [0, 0.05) is 30.0 Å². The fourth-order valence-corrected chi connectivity index (χ4v) is 4.42. The van der Waals surface area contributed by atoms with Crippen LogP contribution in [-0.4, -0.2) is 34.5 Å². The summed E-state index contributed by atoms with van der Waals surface area (Å²) in [4.78, 5) is 26.5. The number of carbonyl (C=O) groups is 2. The van der Waals surface area contributed by atoms with E-state index in [2.05, 4.69) is 0 Å². The Balaban J connectivity index is 1.53. The molecule has 124 valence electrons. The highest BCUT2D eigenvalue weighted by atomic mass is 32.1. The zero-order valence-corrected chi connectivity index (χ0v) is 13.6. The summed E-state index contributed by atoms with van der Waals surface area (Å²) in [6, 6.07) is 7.57. The van der Waals surface area contributed by atoms with Crippen LogP contribution in [0.1, 0.15) is 36.7 Å².